The fraction of sp³-hybridized carbons (Fsp3) is 0.562. The van der Waals surface area contributed by atoms with E-state index in [2.05, 4.69) is 24.0 Å². The molecule has 110 valence electrons. The molecule has 1 fully saturated rings. The molecule has 1 saturated heterocycles. The van der Waals surface area contributed by atoms with Gasteiger partial charge in [0, 0.05) is 12.1 Å². The van der Waals surface area contributed by atoms with Gasteiger partial charge in [0.25, 0.3) is 0 Å². The second-order valence-corrected chi connectivity index (χ2v) is 5.43. The summed E-state index contributed by atoms with van der Waals surface area (Å²) < 4.78 is 5.39. The zero-order chi connectivity index (χ0) is 14.5. The minimum absolute atomic E-state index is 0.0516. The number of hydrogen-bond acceptors (Lipinski definition) is 3. The van der Waals surface area contributed by atoms with Crippen molar-refractivity contribution in [2.45, 2.75) is 31.8 Å². The molecule has 3 unspecified atom stereocenters. The number of carboxylic acids is 1. The molecule has 0 aromatic heterocycles. The molecule has 4 heteroatoms. The Labute approximate surface area is 120 Å². The van der Waals surface area contributed by atoms with Crippen molar-refractivity contribution in [1.82, 2.24) is 4.90 Å². The highest BCUT2D eigenvalue weighted by Gasteiger charge is 2.38. The topological polar surface area (TPSA) is 49.8 Å². The van der Waals surface area contributed by atoms with Crippen LogP contribution in [0.3, 0.4) is 0 Å². The summed E-state index contributed by atoms with van der Waals surface area (Å²) in [6.45, 7) is 2.97. The number of nitrogens with zero attached hydrogens (tertiary/aromatic N) is 1. The van der Waals surface area contributed by atoms with Crippen molar-refractivity contribution >= 4 is 5.97 Å². The number of benzene rings is 1. The standard InChI is InChI=1S/C16H23NO3/c1-3-7-14(12-8-5-4-6-9-12)17(2)15-11-20-10-13(15)16(18)19/h4-6,8-9,13-15H,3,7,10-11H2,1-2H3,(H,18,19). The van der Waals surface area contributed by atoms with Crippen LogP contribution in [0.25, 0.3) is 0 Å². The smallest absolute Gasteiger partial charge is 0.310 e. The fourth-order valence-electron chi connectivity index (χ4n) is 2.97. The van der Waals surface area contributed by atoms with Crippen LogP contribution >= 0.6 is 0 Å². The summed E-state index contributed by atoms with van der Waals surface area (Å²) in [6.07, 6.45) is 2.08. The normalized spacial score (nSPS) is 23.9. The van der Waals surface area contributed by atoms with E-state index in [1.165, 1.54) is 5.56 Å². The average Bonchev–Trinajstić information content (AvgIpc) is 2.94. The molecule has 1 aliphatic heterocycles. The highest BCUT2D eigenvalue weighted by atomic mass is 16.5. The number of aliphatic carboxylic acids is 1. The minimum Gasteiger partial charge on any atom is -0.481 e. The Kier molecular flexibility index (Phi) is 5.15. The summed E-state index contributed by atoms with van der Waals surface area (Å²) in [6, 6.07) is 10.5. The fourth-order valence-corrected chi connectivity index (χ4v) is 2.97. The molecule has 0 saturated carbocycles. The van der Waals surface area contributed by atoms with Gasteiger partial charge < -0.3 is 9.84 Å². The lowest BCUT2D eigenvalue weighted by Crippen LogP contribution is -2.42. The summed E-state index contributed by atoms with van der Waals surface area (Å²) in [5.41, 5.74) is 1.24. The van der Waals surface area contributed by atoms with E-state index in [4.69, 9.17) is 4.74 Å². The third-order valence-corrected chi connectivity index (χ3v) is 4.13. The monoisotopic (exact) mass is 277 g/mol. The van der Waals surface area contributed by atoms with E-state index in [0.29, 0.717) is 13.2 Å². The Hall–Kier alpha value is -1.39. The van der Waals surface area contributed by atoms with Crippen LogP contribution in [-0.4, -0.2) is 42.3 Å². The lowest BCUT2D eigenvalue weighted by molar-refractivity contribution is -0.143. The lowest BCUT2D eigenvalue weighted by Gasteiger charge is -2.34. The number of ether oxygens (including phenoxy) is 1. The molecule has 1 aromatic rings. The molecule has 0 amide bonds. The molecule has 1 aliphatic rings. The molecule has 1 N–H and O–H groups in total. The Balaban J connectivity index is 2.18. The van der Waals surface area contributed by atoms with Crippen LogP contribution in [-0.2, 0) is 9.53 Å². The van der Waals surface area contributed by atoms with Crippen LogP contribution in [0.5, 0.6) is 0 Å². The highest BCUT2D eigenvalue weighted by molar-refractivity contribution is 5.71. The second kappa shape index (κ2) is 6.86. The van der Waals surface area contributed by atoms with Gasteiger partial charge >= 0.3 is 5.97 Å². The van der Waals surface area contributed by atoms with Gasteiger partial charge in [0.05, 0.1) is 19.1 Å². The summed E-state index contributed by atoms with van der Waals surface area (Å²) in [5.74, 6) is -1.19. The predicted octanol–water partition coefficient (Wildman–Crippen LogP) is 2.56. The Morgan fingerprint density at radius 2 is 2.10 bits per heavy atom. The van der Waals surface area contributed by atoms with Gasteiger partial charge in [-0.05, 0) is 19.0 Å². The average molecular weight is 277 g/mol. The molecule has 0 radical (unpaired) electrons. The Bertz CT molecular complexity index is 435. The molecule has 0 bridgehead atoms. The molecular formula is C16H23NO3. The van der Waals surface area contributed by atoms with Crippen LogP contribution in [0, 0.1) is 5.92 Å². The molecule has 0 aliphatic carbocycles. The van der Waals surface area contributed by atoms with Crippen molar-refractivity contribution < 1.29 is 14.6 Å². The number of carboxylic acid groups (broad SMARTS) is 1. The first-order chi connectivity index (χ1) is 9.65. The number of likely N-dealkylation sites (N-methyl/N-ethyl adjacent to an activating group) is 1. The maximum Gasteiger partial charge on any atom is 0.310 e. The van der Waals surface area contributed by atoms with E-state index in [0.717, 1.165) is 12.8 Å². The number of rotatable bonds is 6. The molecule has 2 rings (SSSR count). The minimum atomic E-state index is -0.761. The van der Waals surface area contributed by atoms with Gasteiger partial charge in [-0.25, -0.2) is 0 Å². The molecule has 4 nitrogen and oxygen atoms in total. The molecule has 1 aromatic carbocycles. The van der Waals surface area contributed by atoms with Crippen LogP contribution in [0.4, 0.5) is 0 Å². The van der Waals surface area contributed by atoms with Crippen molar-refractivity contribution in [3.63, 3.8) is 0 Å². The van der Waals surface area contributed by atoms with Crippen LogP contribution in [0.1, 0.15) is 31.4 Å². The van der Waals surface area contributed by atoms with Crippen molar-refractivity contribution in [2.24, 2.45) is 5.92 Å². The second-order valence-electron chi connectivity index (χ2n) is 5.43. The zero-order valence-electron chi connectivity index (χ0n) is 12.2. The van der Waals surface area contributed by atoms with Gasteiger partial charge in [-0.3, -0.25) is 9.69 Å². The maximum absolute atomic E-state index is 11.3. The highest BCUT2D eigenvalue weighted by Crippen LogP contribution is 2.30. The largest absolute Gasteiger partial charge is 0.481 e. The molecule has 0 spiro atoms. The lowest BCUT2D eigenvalue weighted by atomic mass is 9.95. The quantitative estimate of drug-likeness (QED) is 0.868. The van der Waals surface area contributed by atoms with Crippen LogP contribution < -0.4 is 0 Å². The summed E-state index contributed by atoms with van der Waals surface area (Å²) >= 11 is 0. The Morgan fingerprint density at radius 3 is 2.70 bits per heavy atom. The molecule has 1 heterocycles. The first-order valence-electron chi connectivity index (χ1n) is 7.22. The summed E-state index contributed by atoms with van der Waals surface area (Å²) in [5, 5.41) is 9.31. The maximum atomic E-state index is 11.3. The number of hydrogen-bond donors (Lipinski definition) is 1. The first kappa shape index (κ1) is 15.0. The molecule has 3 atom stereocenters. The third-order valence-electron chi connectivity index (χ3n) is 4.13. The van der Waals surface area contributed by atoms with Crippen molar-refractivity contribution in [2.75, 3.05) is 20.3 Å². The zero-order valence-corrected chi connectivity index (χ0v) is 12.2. The predicted molar refractivity (Wildman–Crippen MR) is 77.6 cm³/mol. The van der Waals surface area contributed by atoms with Crippen molar-refractivity contribution in [3.8, 4) is 0 Å². The van der Waals surface area contributed by atoms with E-state index in [1.54, 1.807) is 0 Å². The van der Waals surface area contributed by atoms with Crippen molar-refractivity contribution in [1.29, 1.82) is 0 Å². The van der Waals surface area contributed by atoms with E-state index in [-0.39, 0.29) is 12.1 Å². The first-order valence-corrected chi connectivity index (χ1v) is 7.22. The Morgan fingerprint density at radius 1 is 1.40 bits per heavy atom. The van der Waals surface area contributed by atoms with Gasteiger partial charge in [-0.2, -0.15) is 0 Å². The van der Waals surface area contributed by atoms with Crippen molar-refractivity contribution in [3.05, 3.63) is 35.9 Å². The van der Waals surface area contributed by atoms with Gasteiger partial charge in [0.15, 0.2) is 0 Å². The summed E-state index contributed by atoms with van der Waals surface area (Å²) in [7, 11) is 2.02. The van der Waals surface area contributed by atoms with E-state index in [1.807, 2.05) is 25.2 Å². The third kappa shape index (κ3) is 3.19. The van der Waals surface area contributed by atoms with E-state index < -0.39 is 11.9 Å². The summed E-state index contributed by atoms with van der Waals surface area (Å²) in [4.78, 5) is 13.5. The molecule has 20 heavy (non-hydrogen) atoms. The van der Waals surface area contributed by atoms with Gasteiger partial charge in [-0.1, -0.05) is 43.7 Å². The van der Waals surface area contributed by atoms with E-state index >= 15 is 0 Å². The SMILES string of the molecule is CCCC(c1ccccc1)N(C)C1COCC1C(=O)O. The van der Waals surface area contributed by atoms with Gasteiger partial charge in [0.2, 0.25) is 0 Å². The van der Waals surface area contributed by atoms with Gasteiger partial charge in [0.1, 0.15) is 0 Å². The van der Waals surface area contributed by atoms with Gasteiger partial charge in [-0.15, -0.1) is 0 Å². The van der Waals surface area contributed by atoms with E-state index in [9.17, 15) is 9.90 Å². The number of carbonyl (C=O) groups is 1. The molecular weight excluding hydrogens is 254 g/mol. The van der Waals surface area contributed by atoms with Crippen LogP contribution in [0.2, 0.25) is 0 Å². The van der Waals surface area contributed by atoms with Crippen LogP contribution in [0.15, 0.2) is 30.3 Å².